The number of rotatable bonds is 5. The lowest BCUT2D eigenvalue weighted by Crippen LogP contribution is -2.27. The first-order valence-corrected chi connectivity index (χ1v) is 10.3. The quantitative estimate of drug-likeness (QED) is 0.500. The summed E-state index contributed by atoms with van der Waals surface area (Å²) in [6.45, 7) is 4.17. The maximum Gasteiger partial charge on any atom is 0.293 e. The fourth-order valence-corrected chi connectivity index (χ4v) is 4.09. The first-order chi connectivity index (χ1) is 14.0. The van der Waals surface area contributed by atoms with E-state index in [1.165, 1.54) is 4.90 Å². The van der Waals surface area contributed by atoms with Gasteiger partial charge in [-0.1, -0.05) is 54.6 Å². The van der Waals surface area contributed by atoms with Crippen molar-refractivity contribution in [2.45, 2.75) is 26.5 Å². The summed E-state index contributed by atoms with van der Waals surface area (Å²) in [7, 11) is 0. The summed E-state index contributed by atoms with van der Waals surface area (Å²) in [5.74, 6) is 0.427. The number of para-hydroxylation sites is 1. The Balaban J connectivity index is 1.58. The van der Waals surface area contributed by atoms with Gasteiger partial charge in [0.2, 0.25) is 0 Å². The molecule has 1 aliphatic heterocycles. The molecule has 5 heteroatoms. The first kappa shape index (κ1) is 19.3. The first-order valence-electron chi connectivity index (χ1n) is 9.50. The molecule has 1 saturated heterocycles. The number of ether oxygens (including phenoxy) is 1. The lowest BCUT2D eigenvalue weighted by atomic mass is 10.1. The van der Waals surface area contributed by atoms with Gasteiger partial charge in [0.05, 0.1) is 17.6 Å². The molecule has 4 nitrogen and oxygen atoms in total. The van der Waals surface area contributed by atoms with Gasteiger partial charge in [0, 0.05) is 5.56 Å². The number of carbonyl (C=O) groups is 2. The monoisotopic (exact) mass is 403 g/mol. The van der Waals surface area contributed by atoms with Gasteiger partial charge in [0.25, 0.3) is 11.1 Å². The van der Waals surface area contributed by atoms with E-state index in [4.69, 9.17) is 4.74 Å². The second-order valence-electron chi connectivity index (χ2n) is 7.15. The number of hydrogen-bond donors (Lipinski definition) is 0. The van der Waals surface area contributed by atoms with E-state index in [0.717, 1.165) is 33.7 Å². The van der Waals surface area contributed by atoms with Crippen LogP contribution in [0.15, 0.2) is 71.6 Å². The molecule has 0 aromatic heterocycles. The lowest BCUT2D eigenvalue weighted by molar-refractivity contribution is -0.123. The van der Waals surface area contributed by atoms with Crippen molar-refractivity contribution in [2.75, 3.05) is 0 Å². The van der Waals surface area contributed by atoms with Crippen molar-refractivity contribution in [3.05, 3.63) is 82.8 Å². The van der Waals surface area contributed by atoms with Gasteiger partial charge in [-0.2, -0.15) is 0 Å². The highest BCUT2D eigenvalue weighted by atomic mass is 32.2. The summed E-state index contributed by atoms with van der Waals surface area (Å²) in [6, 6.07) is 21.6. The number of fused-ring (bicyclic) bond motifs is 1. The van der Waals surface area contributed by atoms with E-state index in [2.05, 4.69) is 0 Å². The third-order valence-corrected chi connectivity index (χ3v) is 5.50. The van der Waals surface area contributed by atoms with Crippen LogP contribution in [0.25, 0.3) is 16.8 Å². The van der Waals surface area contributed by atoms with Crippen LogP contribution in [0, 0.1) is 0 Å². The van der Waals surface area contributed by atoms with Gasteiger partial charge < -0.3 is 4.74 Å². The molecule has 0 aliphatic carbocycles. The predicted molar refractivity (Wildman–Crippen MR) is 118 cm³/mol. The predicted octanol–water partition coefficient (Wildman–Crippen LogP) is 5.86. The van der Waals surface area contributed by atoms with Gasteiger partial charge >= 0.3 is 0 Å². The molecule has 4 rings (SSSR count). The van der Waals surface area contributed by atoms with Gasteiger partial charge in [0.1, 0.15) is 5.75 Å². The van der Waals surface area contributed by atoms with Gasteiger partial charge in [-0.05, 0) is 60.2 Å². The summed E-state index contributed by atoms with van der Waals surface area (Å²) < 4.78 is 5.82. The van der Waals surface area contributed by atoms with Gasteiger partial charge in [-0.15, -0.1) is 0 Å². The number of carbonyl (C=O) groups excluding carboxylic acids is 2. The molecular formula is C24H21NO3S. The van der Waals surface area contributed by atoms with Crippen LogP contribution in [0.1, 0.15) is 25.0 Å². The molecule has 3 aromatic carbocycles. The molecule has 146 valence electrons. The highest BCUT2D eigenvalue weighted by Gasteiger charge is 2.35. The molecule has 0 bridgehead atoms. The van der Waals surface area contributed by atoms with Crippen LogP contribution in [-0.2, 0) is 11.3 Å². The fraction of sp³-hybridized carbons (Fsp3) is 0.167. The van der Waals surface area contributed by atoms with Crippen LogP contribution in [0.2, 0.25) is 0 Å². The van der Waals surface area contributed by atoms with Crippen molar-refractivity contribution in [3.63, 3.8) is 0 Å². The summed E-state index contributed by atoms with van der Waals surface area (Å²) >= 11 is 0.970. The van der Waals surface area contributed by atoms with E-state index in [-0.39, 0.29) is 23.8 Å². The van der Waals surface area contributed by atoms with E-state index in [1.807, 2.05) is 80.6 Å². The van der Waals surface area contributed by atoms with Crippen molar-refractivity contribution >= 4 is 39.8 Å². The number of amides is 2. The Morgan fingerprint density at radius 1 is 0.966 bits per heavy atom. The van der Waals surface area contributed by atoms with Crippen molar-refractivity contribution < 1.29 is 14.3 Å². The molecule has 0 unspecified atom stereocenters. The SMILES string of the molecule is CC(C)Oc1ccccc1/C=C1\SC(=O)N(Cc2ccc3ccccc3c2)C1=O. The van der Waals surface area contributed by atoms with Crippen LogP contribution in [0.4, 0.5) is 4.79 Å². The van der Waals surface area contributed by atoms with Crippen LogP contribution in [0.5, 0.6) is 5.75 Å². The maximum absolute atomic E-state index is 12.9. The molecule has 0 saturated carbocycles. The Bertz CT molecular complexity index is 1120. The molecule has 29 heavy (non-hydrogen) atoms. The lowest BCUT2D eigenvalue weighted by Gasteiger charge is -2.13. The smallest absolute Gasteiger partial charge is 0.293 e. The van der Waals surface area contributed by atoms with E-state index < -0.39 is 0 Å². The molecule has 0 atom stereocenters. The van der Waals surface area contributed by atoms with Crippen molar-refractivity contribution in [3.8, 4) is 5.75 Å². The molecule has 1 heterocycles. The summed E-state index contributed by atoms with van der Waals surface area (Å²) in [5.41, 5.74) is 1.72. The van der Waals surface area contributed by atoms with Crippen molar-refractivity contribution in [1.82, 2.24) is 4.90 Å². The summed E-state index contributed by atoms with van der Waals surface area (Å²) in [4.78, 5) is 27.1. The van der Waals surface area contributed by atoms with Crippen LogP contribution in [-0.4, -0.2) is 22.2 Å². The van der Waals surface area contributed by atoms with Crippen molar-refractivity contribution in [2.24, 2.45) is 0 Å². The molecule has 2 amide bonds. The molecular weight excluding hydrogens is 382 g/mol. The van der Waals surface area contributed by atoms with E-state index in [0.29, 0.717) is 10.7 Å². The average Bonchev–Trinajstić information content (AvgIpc) is 2.96. The van der Waals surface area contributed by atoms with E-state index in [9.17, 15) is 9.59 Å². The standard InChI is InChI=1S/C24H21NO3S/c1-16(2)28-21-10-6-5-9-20(21)14-22-23(26)25(24(27)29-22)15-17-11-12-18-7-3-4-8-19(18)13-17/h3-14,16H,15H2,1-2H3/b22-14-. The van der Waals surface area contributed by atoms with Gasteiger partial charge in [-0.3, -0.25) is 14.5 Å². The molecule has 1 aliphatic rings. The van der Waals surface area contributed by atoms with Crippen molar-refractivity contribution in [1.29, 1.82) is 0 Å². The Labute approximate surface area is 174 Å². The zero-order valence-electron chi connectivity index (χ0n) is 16.3. The second kappa shape index (κ2) is 8.13. The minimum atomic E-state index is -0.271. The number of benzene rings is 3. The molecule has 0 radical (unpaired) electrons. The molecule has 0 N–H and O–H groups in total. The Morgan fingerprint density at radius 2 is 1.69 bits per heavy atom. The van der Waals surface area contributed by atoms with Crippen LogP contribution < -0.4 is 4.74 Å². The largest absolute Gasteiger partial charge is 0.490 e. The number of imide groups is 1. The number of thioether (sulfide) groups is 1. The highest BCUT2D eigenvalue weighted by molar-refractivity contribution is 8.18. The van der Waals surface area contributed by atoms with E-state index >= 15 is 0 Å². The van der Waals surface area contributed by atoms with Crippen LogP contribution >= 0.6 is 11.8 Å². The number of hydrogen-bond acceptors (Lipinski definition) is 4. The topological polar surface area (TPSA) is 46.6 Å². The Kier molecular flexibility index (Phi) is 5.41. The molecule has 1 fully saturated rings. The molecule has 0 spiro atoms. The summed E-state index contributed by atoms with van der Waals surface area (Å²) in [6.07, 6.45) is 1.76. The fourth-order valence-electron chi connectivity index (χ4n) is 3.26. The van der Waals surface area contributed by atoms with E-state index in [1.54, 1.807) is 6.08 Å². The average molecular weight is 404 g/mol. The minimum Gasteiger partial charge on any atom is -0.490 e. The Morgan fingerprint density at radius 3 is 2.48 bits per heavy atom. The molecule has 3 aromatic rings. The number of nitrogens with zero attached hydrogens (tertiary/aromatic N) is 1. The normalized spacial score (nSPS) is 15.7. The van der Waals surface area contributed by atoms with Gasteiger partial charge in [0.15, 0.2) is 0 Å². The zero-order chi connectivity index (χ0) is 20.4. The Hall–Kier alpha value is -3.05. The zero-order valence-corrected chi connectivity index (χ0v) is 17.1. The van der Waals surface area contributed by atoms with Crippen LogP contribution in [0.3, 0.4) is 0 Å². The van der Waals surface area contributed by atoms with Gasteiger partial charge in [-0.25, -0.2) is 0 Å². The third kappa shape index (κ3) is 4.20. The second-order valence-corrected chi connectivity index (χ2v) is 8.15. The summed E-state index contributed by atoms with van der Waals surface area (Å²) in [5, 5.41) is 1.97. The maximum atomic E-state index is 12.9. The minimum absolute atomic E-state index is 0.0208. The highest BCUT2D eigenvalue weighted by Crippen LogP contribution is 2.35. The third-order valence-electron chi connectivity index (χ3n) is 4.60.